The summed E-state index contributed by atoms with van der Waals surface area (Å²) in [4.78, 5) is 22.7. The van der Waals surface area contributed by atoms with Crippen molar-refractivity contribution < 1.29 is 14.7 Å². The fraction of sp³-hybridized carbons (Fsp3) is 0.143. The zero-order valence-corrected chi connectivity index (χ0v) is 11.5. The zero-order chi connectivity index (χ0) is 14.7. The number of rotatable bonds is 4. The average Bonchev–Trinajstić information content (AvgIpc) is 2.68. The number of carboxylic acid groups (broad SMARTS) is 1. The molecule has 0 saturated carbocycles. The van der Waals surface area contributed by atoms with E-state index < -0.39 is 5.97 Å². The number of nitrogens with one attached hydrogen (secondary N) is 1. The minimum Gasteiger partial charge on any atom is -0.481 e. The lowest BCUT2D eigenvalue weighted by molar-refractivity contribution is -0.136. The molecule has 0 unspecified atom stereocenters. The Morgan fingerprint density at radius 2 is 2.10 bits per heavy atom. The first-order chi connectivity index (χ1) is 9.45. The van der Waals surface area contributed by atoms with E-state index in [4.69, 9.17) is 16.7 Å². The van der Waals surface area contributed by atoms with Gasteiger partial charge in [0.05, 0.1) is 11.4 Å². The van der Waals surface area contributed by atoms with Gasteiger partial charge in [-0.2, -0.15) is 0 Å². The Morgan fingerprint density at radius 3 is 2.70 bits per heavy atom. The Kier molecular flexibility index (Phi) is 4.10. The first-order valence-electron chi connectivity index (χ1n) is 5.89. The number of amides is 1. The number of carbonyl (C=O) groups excluding carboxylic acids is 1. The molecule has 0 saturated heterocycles. The first kappa shape index (κ1) is 14.1. The SMILES string of the molecule is Cn1cc(Cl)cc1C(=O)Nc1cccc(CC(=O)O)c1. The fourth-order valence-electron chi connectivity index (χ4n) is 1.88. The normalized spacial score (nSPS) is 10.3. The highest BCUT2D eigenvalue weighted by Gasteiger charge is 2.11. The molecule has 1 aromatic heterocycles. The summed E-state index contributed by atoms with van der Waals surface area (Å²) in [6, 6.07) is 8.30. The molecule has 0 atom stereocenters. The van der Waals surface area contributed by atoms with Crippen molar-refractivity contribution >= 4 is 29.2 Å². The highest BCUT2D eigenvalue weighted by Crippen LogP contribution is 2.16. The standard InChI is InChI=1S/C14H13ClN2O3/c1-17-8-10(15)7-12(17)14(20)16-11-4-2-3-9(5-11)6-13(18)19/h2-5,7-8H,6H2,1H3,(H,16,20)(H,18,19). The molecule has 1 heterocycles. The van der Waals surface area contributed by atoms with Crippen molar-refractivity contribution in [2.75, 3.05) is 5.32 Å². The minimum atomic E-state index is -0.914. The summed E-state index contributed by atoms with van der Waals surface area (Å²) < 4.78 is 1.62. The molecule has 5 nitrogen and oxygen atoms in total. The fourth-order valence-corrected chi connectivity index (χ4v) is 2.13. The molecule has 0 fully saturated rings. The van der Waals surface area contributed by atoms with Crippen LogP contribution in [0, 0.1) is 0 Å². The van der Waals surface area contributed by atoms with Gasteiger partial charge < -0.3 is 15.0 Å². The third kappa shape index (κ3) is 3.39. The van der Waals surface area contributed by atoms with Crippen LogP contribution in [0.3, 0.4) is 0 Å². The largest absolute Gasteiger partial charge is 0.481 e. The Hall–Kier alpha value is -2.27. The molecule has 0 aliphatic rings. The van der Waals surface area contributed by atoms with Gasteiger partial charge in [-0.05, 0) is 23.8 Å². The van der Waals surface area contributed by atoms with Crippen molar-refractivity contribution in [3.63, 3.8) is 0 Å². The van der Waals surface area contributed by atoms with Gasteiger partial charge in [0.2, 0.25) is 0 Å². The van der Waals surface area contributed by atoms with Crippen molar-refractivity contribution in [2.24, 2.45) is 7.05 Å². The van der Waals surface area contributed by atoms with Crippen molar-refractivity contribution in [2.45, 2.75) is 6.42 Å². The summed E-state index contributed by atoms with van der Waals surface area (Å²) >= 11 is 5.83. The lowest BCUT2D eigenvalue weighted by atomic mass is 10.1. The van der Waals surface area contributed by atoms with Gasteiger partial charge >= 0.3 is 5.97 Å². The van der Waals surface area contributed by atoms with Gasteiger partial charge in [0.1, 0.15) is 5.69 Å². The predicted molar refractivity (Wildman–Crippen MR) is 76.2 cm³/mol. The molecular formula is C14H13ClN2O3. The van der Waals surface area contributed by atoms with E-state index in [1.165, 1.54) is 0 Å². The third-order valence-corrected chi connectivity index (χ3v) is 2.95. The van der Waals surface area contributed by atoms with Gasteiger partial charge in [-0.3, -0.25) is 9.59 Å². The Bertz CT molecular complexity index is 664. The Morgan fingerprint density at radius 1 is 1.35 bits per heavy atom. The van der Waals surface area contributed by atoms with Gasteiger partial charge in [0, 0.05) is 18.9 Å². The second-order valence-corrected chi connectivity index (χ2v) is 4.82. The highest BCUT2D eigenvalue weighted by molar-refractivity contribution is 6.31. The number of carbonyl (C=O) groups is 2. The number of carboxylic acids is 1. The van der Waals surface area contributed by atoms with E-state index in [1.54, 1.807) is 48.1 Å². The van der Waals surface area contributed by atoms with E-state index in [9.17, 15) is 9.59 Å². The number of halogens is 1. The van der Waals surface area contributed by atoms with Crippen LogP contribution < -0.4 is 5.32 Å². The highest BCUT2D eigenvalue weighted by atomic mass is 35.5. The van der Waals surface area contributed by atoms with Crippen LogP contribution in [0.15, 0.2) is 36.5 Å². The summed E-state index contributed by atoms with van der Waals surface area (Å²) in [7, 11) is 1.72. The van der Waals surface area contributed by atoms with Crippen molar-refractivity contribution in [1.29, 1.82) is 0 Å². The number of anilines is 1. The van der Waals surface area contributed by atoms with Crippen LogP contribution in [-0.4, -0.2) is 21.6 Å². The molecule has 1 aromatic carbocycles. The number of aliphatic carboxylic acids is 1. The predicted octanol–water partition coefficient (Wildman–Crippen LogP) is 2.56. The summed E-state index contributed by atoms with van der Waals surface area (Å²) in [6.45, 7) is 0. The van der Waals surface area contributed by atoms with Crippen LogP contribution >= 0.6 is 11.6 Å². The van der Waals surface area contributed by atoms with E-state index in [2.05, 4.69) is 5.32 Å². The van der Waals surface area contributed by atoms with Crippen LogP contribution in [0.25, 0.3) is 0 Å². The Labute approximate surface area is 120 Å². The summed E-state index contributed by atoms with van der Waals surface area (Å²) in [5.41, 5.74) is 1.60. The molecule has 1 amide bonds. The van der Waals surface area contributed by atoms with Crippen LogP contribution in [0.5, 0.6) is 0 Å². The van der Waals surface area contributed by atoms with E-state index in [-0.39, 0.29) is 12.3 Å². The van der Waals surface area contributed by atoms with Gasteiger partial charge in [0.25, 0.3) is 5.91 Å². The lowest BCUT2D eigenvalue weighted by Crippen LogP contribution is -2.15. The molecule has 20 heavy (non-hydrogen) atoms. The molecule has 2 N–H and O–H groups in total. The molecule has 0 spiro atoms. The molecule has 104 valence electrons. The maximum Gasteiger partial charge on any atom is 0.307 e. The second kappa shape index (κ2) is 5.79. The monoisotopic (exact) mass is 292 g/mol. The minimum absolute atomic E-state index is 0.0836. The van der Waals surface area contributed by atoms with Gasteiger partial charge in [-0.15, -0.1) is 0 Å². The number of hydrogen-bond acceptors (Lipinski definition) is 2. The quantitative estimate of drug-likeness (QED) is 0.910. The maximum atomic E-state index is 12.1. The van der Waals surface area contributed by atoms with E-state index in [0.29, 0.717) is 22.0 Å². The van der Waals surface area contributed by atoms with E-state index in [1.807, 2.05) is 0 Å². The van der Waals surface area contributed by atoms with Gasteiger partial charge in [0.15, 0.2) is 0 Å². The second-order valence-electron chi connectivity index (χ2n) is 4.38. The topological polar surface area (TPSA) is 71.3 Å². The van der Waals surface area contributed by atoms with Crippen LogP contribution in [0.4, 0.5) is 5.69 Å². The summed E-state index contributed by atoms with van der Waals surface area (Å²) in [5, 5.41) is 11.9. The zero-order valence-electron chi connectivity index (χ0n) is 10.8. The van der Waals surface area contributed by atoms with Gasteiger partial charge in [-0.25, -0.2) is 0 Å². The van der Waals surface area contributed by atoms with Crippen LogP contribution in [0.1, 0.15) is 16.1 Å². The lowest BCUT2D eigenvalue weighted by Gasteiger charge is -2.07. The number of nitrogens with zero attached hydrogens (tertiary/aromatic N) is 1. The van der Waals surface area contributed by atoms with Crippen molar-refractivity contribution in [1.82, 2.24) is 4.57 Å². The molecule has 0 bridgehead atoms. The Balaban J connectivity index is 2.15. The molecular weight excluding hydrogens is 280 g/mol. The summed E-state index contributed by atoms with van der Waals surface area (Å²) in [6.07, 6.45) is 1.55. The maximum absolute atomic E-state index is 12.1. The smallest absolute Gasteiger partial charge is 0.307 e. The van der Waals surface area contributed by atoms with Crippen molar-refractivity contribution in [3.8, 4) is 0 Å². The number of benzene rings is 1. The van der Waals surface area contributed by atoms with Gasteiger partial charge in [-0.1, -0.05) is 23.7 Å². The van der Waals surface area contributed by atoms with Crippen LogP contribution in [0.2, 0.25) is 5.02 Å². The number of aromatic nitrogens is 1. The molecule has 2 aromatic rings. The summed E-state index contributed by atoms with van der Waals surface area (Å²) in [5.74, 6) is -1.21. The number of aryl methyl sites for hydroxylation is 1. The molecule has 0 aliphatic carbocycles. The van der Waals surface area contributed by atoms with Crippen LogP contribution in [-0.2, 0) is 18.3 Å². The molecule has 0 aliphatic heterocycles. The third-order valence-electron chi connectivity index (χ3n) is 2.74. The molecule has 0 radical (unpaired) electrons. The molecule has 2 rings (SSSR count). The van der Waals surface area contributed by atoms with E-state index in [0.717, 1.165) is 0 Å². The number of hydrogen-bond donors (Lipinski definition) is 2. The van der Waals surface area contributed by atoms with E-state index >= 15 is 0 Å². The average molecular weight is 293 g/mol. The first-order valence-corrected chi connectivity index (χ1v) is 6.27. The van der Waals surface area contributed by atoms with Crippen molar-refractivity contribution in [3.05, 3.63) is 52.8 Å². The molecule has 6 heteroatoms.